The van der Waals surface area contributed by atoms with Gasteiger partial charge in [0.15, 0.2) is 5.84 Å². The SMILES string of the molecule is CC#N.CCCCC(=O)N=C(N=CN)c1ccc(C2CCC(CO)O2)[nH]1.CO.COC(=O)CC1CCCCC1. The molecule has 2 aliphatic rings. The molecule has 3 rings (SSSR count). The van der Waals surface area contributed by atoms with Gasteiger partial charge in [-0.2, -0.15) is 10.3 Å². The van der Waals surface area contributed by atoms with Gasteiger partial charge in [0, 0.05) is 32.6 Å². The molecule has 39 heavy (non-hydrogen) atoms. The predicted octanol–water partition coefficient (Wildman–Crippen LogP) is 3.95. The summed E-state index contributed by atoms with van der Waals surface area (Å²) >= 11 is 0. The number of aliphatic hydroxyl groups is 2. The summed E-state index contributed by atoms with van der Waals surface area (Å²) in [5.41, 5.74) is 6.87. The lowest BCUT2D eigenvalue weighted by Gasteiger charge is -2.19. The van der Waals surface area contributed by atoms with Crippen LogP contribution in [0.4, 0.5) is 0 Å². The molecule has 0 spiro atoms. The number of nitrogens with one attached hydrogen (secondary N) is 1. The minimum atomic E-state index is -0.207. The van der Waals surface area contributed by atoms with Gasteiger partial charge in [0.2, 0.25) is 5.91 Å². The number of amides is 1. The van der Waals surface area contributed by atoms with Crippen molar-refractivity contribution in [1.29, 1.82) is 5.26 Å². The fraction of sp³-hybridized carbons (Fsp3) is 0.679. The average molecular weight is 550 g/mol. The van der Waals surface area contributed by atoms with Crippen LogP contribution in [0.2, 0.25) is 0 Å². The Balaban J connectivity index is 0.000000751. The second-order valence-electron chi connectivity index (χ2n) is 9.05. The first kappa shape index (κ1) is 35.9. The van der Waals surface area contributed by atoms with Crippen molar-refractivity contribution in [2.45, 2.75) is 96.7 Å². The van der Waals surface area contributed by atoms with E-state index in [1.54, 1.807) is 6.07 Å². The molecule has 1 saturated heterocycles. The largest absolute Gasteiger partial charge is 0.469 e. The molecule has 11 heteroatoms. The molecule has 1 saturated carbocycles. The first-order valence-electron chi connectivity index (χ1n) is 13.6. The summed E-state index contributed by atoms with van der Waals surface area (Å²) < 4.78 is 10.3. The summed E-state index contributed by atoms with van der Waals surface area (Å²) in [6, 6.07) is 5.45. The molecule has 0 aromatic carbocycles. The number of nitrogens with zero attached hydrogens (tertiary/aromatic N) is 3. The second-order valence-corrected chi connectivity index (χ2v) is 9.05. The van der Waals surface area contributed by atoms with Crippen molar-refractivity contribution in [2.24, 2.45) is 21.6 Å². The number of aromatic nitrogens is 1. The van der Waals surface area contributed by atoms with Gasteiger partial charge in [0.05, 0.1) is 44.0 Å². The van der Waals surface area contributed by atoms with E-state index in [0.29, 0.717) is 24.5 Å². The Morgan fingerprint density at radius 2 is 1.90 bits per heavy atom. The number of carbonyl (C=O) groups excluding carboxylic acids is 2. The van der Waals surface area contributed by atoms with Gasteiger partial charge in [0.1, 0.15) is 0 Å². The van der Waals surface area contributed by atoms with Gasteiger partial charge in [0.25, 0.3) is 0 Å². The summed E-state index contributed by atoms with van der Waals surface area (Å²) in [5, 5.41) is 23.5. The Morgan fingerprint density at radius 1 is 1.23 bits per heavy atom. The standard InChI is InChI=1S/C16H24N4O3.C9H16O2.C2H3N.CH4O/c1-2-3-4-15(22)20-16(18-10-17)13-7-6-12(19-13)14-8-5-11(9-21)23-14;1-11-9(10)7-8-5-3-2-4-6-8;1-2-3;1-2/h6-7,10-11,14,19,21H,2-5,8-9H2,1H3,(H2,17,18,20,22);8H,2-7H2,1H3;1H3;2H,1H3. The lowest BCUT2D eigenvalue weighted by molar-refractivity contribution is -0.142. The topological polar surface area (TPSA) is 183 Å². The number of H-pyrrole nitrogens is 1. The molecule has 0 bridgehead atoms. The number of ether oxygens (including phenoxy) is 2. The van der Waals surface area contributed by atoms with Gasteiger partial charge in [-0.25, -0.2) is 4.99 Å². The number of aliphatic imine (C=N–C) groups is 2. The van der Waals surface area contributed by atoms with E-state index in [0.717, 1.165) is 44.8 Å². The number of aromatic amines is 1. The van der Waals surface area contributed by atoms with Crippen molar-refractivity contribution in [3.05, 3.63) is 23.5 Å². The van der Waals surface area contributed by atoms with Crippen LogP contribution in [0.1, 0.15) is 102 Å². The Morgan fingerprint density at radius 3 is 2.44 bits per heavy atom. The molecule has 1 aliphatic heterocycles. The number of hydrogen-bond acceptors (Lipinski definition) is 7. The third-order valence-corrected chi connectivity index (χ3v) is 6.19. The minimum Gasteiger partial charge on any atom is -0.469 e. The van der Waals surface area contributed by atoms with Gasteiger partial charge in [-0.3, -0.25) is 9.59 Å². The van der Waals surface area contributed by atoms with Crippen molar-refractivity contribution >= 4 is 24.1 Å². The van der Waals surface area contributed by atoms with Gasteiger partial charge in [-0.15, -0.1) is 0 Å². The van der Waals surface area contributed by atoms with Gasteiger partial charge < -0.3 is 30.4 Å². The number of carbonyl (C=O) groups is 2. The molecule has 2 unspecified atom stereocenters. The van der Waals surface area contributed by atoms with Gasteiger partial charge >= 0.3 is 5.97 Å². The number of nitrogens with two attached hydrogens (primary N) is 1. The molecule has 2 atom stereocenters. The average Bonchev–Trinajstić information content (AvgIpc) is 3.64. The lowest BCUT2D eigenvalue weighted by Crippen LogP contribution is -2.12. The van der Waals surface area contributed by atoms with E-state index in [4.69, 9.17) is 25.9 Å². The molecule has 220 valence electrons. The van der Waals surface area contributed by atoms with Crippen LogP contribution >= 0.6 is 0 Å². The number of unbranched alkanes of at least 4 members (excludes halogenated alkanes) is 1. The highest BCUT2D eigenvalue weighted by atomic mass is 16.5. The summed E-state index contributed by atoms with van der Waals surface area (Å²) in [5.74, 6) is 0.630. The first-order chi connectivity index (χ1) is 18.9. The van der Waals surface area contributed by atoms with Gasteiger partial charge in [-0.05, 0) is 50.2 Å². The van der Waals surface area contributed by atoms with Crippen molar-refractivity contribution in [1.82, 2.24) is 4.98 Å². The Hall–Kier alpha value is -3.07. The number of rotatable bonds is 8. The number of amidine groups is 1. The molecule has 5 N–H and O–H groups in total. The summed E-state index contributed by atoms with van der Waals surface area (Å²) in [4.78, 5) is 33.9. The normalized spacial score (nSPS) is 18.9. The highest BCUT2D eigenvalue weighted by molar-refractivity contribution is 6.06. The molecule has 11 nitrogen and oxygen atoms in total. The minimum absolute atomic E-state index is 0.0279. The Labute approximate surface area is 232 Å². The van der Waals surface area contributed by atoms with Crippen LogP contribution in [-0.4, -0.2) is 66.2 Å². The van der Waals surface area contributed by atoms with Gasteiger partial charge in [-0.1, -0.05) is 32.6 Å². The van der Waals surface area contributed by atoms with Crippen LogP contribution in [0.3, 0.4) is 0 Å². The molecular formula is C28H47N5O6. The molecular weight excluding hydrogens is 502 g/mol. The Kier molecular flexibility index (Phi) is 21.1. The van der Waals surface area contributed by atoms with E-state index < -0.39 is 0 Å². The number of esters is 1. The van der Waals surface area contributed by atoms with Crippen molar-refractivity contribution in [3.63, 3.8) is 0 Å². The summed E-state index contributed by atoms with van der Waals surface area (Å²) in [7, 11) is 2.46. The fourth-order valence-corrected chi connectivity index (χ4v) is 4.24. The maximum Gasteiger partial charge on any atom is 0.305 e. The van der Waals surface area contributed by atoms with E-state index in [9.17, 15) is 9.59 Å². The molecule has 1 amide bonds. The monoisotopic (exact) mass is 549 g/mol. The smallest absolute Gasteiger partial charge is 0.305 e. The van der Waals surface area contributed by atoms with E-state index in [1.165, 1.54) is 46.1 Å². The highest BCUT2D eigenvalue weighted by Gasteiger charge is 2.27. The van der Waals surface area contributed by atoms with E-state index in [1.807, 2.05) is 19.1 Å². The predicted molar refractivity (Wildman–Crippen MR) is 151 cm³/mol. The van der Waals surface area contributed by atoms with E-state index >= 15 is 0 Å². The third-order valence-electron chi connectivity index (χ3n) is 6.19. The van der Waals surface area contributed by atoms with Crippen LogP contribution in [-0.2, 0) is 19.1 Å². The molecule has 2 heterocycles. The lowest BCUT2D eigenvalue weighted by atomic mass is 9.87. The van der Waals surface area contributed by atoms with Crippen molar-refractivity contribution in [2.75, 3.05) is 20.8 Å². The first-order valence-corrected chi connectivity index (χ1v) is 13.6. The molecule has 2 fully saturated rings. The van der Waals surface area contributed by atoms with E-state index in [-0.39, 0.29) is 36.5 Å². The summed E-state index contributed by atoms with van der Waals surface area (Å²) in [6.07, 6.45) is 11.7. The summed E-state index contributed by atoms with van der Waals surface area (Å²) in [6.45, 7) is 3.48. The molecule has 1 aliphatic carbocycles. The maximum atomic E-state index is 11.8. The molecule has 0 radical (unpaired) electrons. The molecule has 1 aromatic rings. The zero-order valence-corrected chi connectivity index (χ0v) is 23.9. The van der Waals surface area contributed by atoms with Crippen LogP contribution < -0.4 is 5.73 Å². The number of nitriles is 1. The number of hydrogen-bond donors (Lipinski definition) is 4. The van der Waals surface area contributed by atoms with E-state index in [2.05, 4.69) is 19.7 Å². The zero-order chi connectivity index (χ0) is 29.5. The number of aliphatic hydroxyl groups excluding tert-OH is 2. The number of methoxy groups -OCH3 is 1. The van der Waals surface area contributed by atoms with Crippen molar-refractivity contribution < 1.29 is 29.3 Å². The quantitative estimate of drug-likeness (QED) is 0.213. The van der Waals surface area contributed by atoms with Crippen LogP contribution in [0.25, 0.3) is 0 Å². The second kappa shape index (κ2) is 22.9. The van der Waals surface area contributed by atoms with Crippen molar-refractivity contribution in [3.8, 4) is 6.07 Å². The maximum absolute atomic E-state index is 11.8. The zero-order valence-electron chi connectivity index (χ0n) is 23.9. The van der Waals surface area contributed by atoms with Crippen LogP contribution in [0, 0.1) is 17.2 Å². The molecule has 1 aromatic heterocycles. The fourth-order valence-electron chi connectivity index (χ4n) is 4.24. The van der Waals surface area contributed by atoms with Crippen LogP contribution in [0.15, 0.2) is 22.1 Å². The highest BCUT2D eigenvalue weighted by Crippen LogP contribution is 2.32. The van der Waals surface area contributed by atoms with Crippen LogP contribution in [0.5, 0.6) is 0 Å². The third kappa shape index (κ3) is 15.2. The Bertz CT molecular complexity index is 903.